The fraction of sp³-hybridized carbons (Fsp3) is 0.167. The topological polar surface area (TPSA) is 63.6 Å². The van der Waals surface area contributed by atoms with Gasteiger partial charge in [0.1, 0.15) is 12.4 Å². The number of rotatable bonds is 4. The molecule has 1 aliphatic heterocycles. The van der Waals surface area contributed by atoms with Crippen molar-refractivity contribution in [3.8, 4) is 5.75 Å². The number of hydrogen-bond donors (Lipinski definition) is 1. The van der Waals surface area contributed by atoms with Crippen molar-refractivity contribution in [3.05, 3.63) is 35.4 Å². The van der Waals surface area contributed by atoms with Crippen molar-refractivity contribution in [1.29, 1.82) is 0 Å². The SMILES string of the molecule is O=CC1=C(SCC(=O)O)c2ccccc2OC1. The Kier molecular flexibility index (Phi) is 3.49. The van der Waals surface area contributed by atoms with Crippen molar-refractivity contribution in [1.82, 2.24) is 0 Å². The van der Waals surface area contributed by atoms with Crippen LogP contribution in [0.2, 0.25) is 0 Å². The zero-order chi connectivity index (χ0) is 12.3. The predicted octanol–water partition coefficient (Wildman–Crippen LogP) is 1.81. The van der Waals surface area contributed by atoms with E-state index in [1.165, 1.54) is 0 Å². The summed E-state index contributed by atoms with van der Waals surface area (Å²) >= 11 is 1.15. The molecule has 1 aromatic rings. The number of ether oxygens (including phenoxy) is 1. The molecular weight excluding hydrogens is 240 g/mol. The molecule has 0 amide bonds. The van der Waals surface area contributed by atoms with E-state index in [-0.39, 0.29) is 12.4 Å². The third kappa shape index (κ3) is 2.50. The molecule has 88 valence electrons. The summed E-state index contributed by atoms with van der Waals surface area (Å²) in [6, 6.07) is 7.29. The Labute approximate surface area is 102 Å². The molecule has 4 nitrogen and oxygen atoms in total. The fourth-order valence-corrected chi connectivity index (χ4v) is 2.45. The normalized spacial score (nSPS) is 13.9. The van der Waals surface area contributed by atoms with E-state index in [0.29, 0.717) is 16.2 Å². The third-order valence-corrected chi connectivity index (χ3v) is 3.45. The number of para-hydroxylation sites is 1. The summed E-state index contributed by atoms with van der Waals surface area (Å²) in [5, 5.41) is 8.69. The number of aliphatic carboxylic acids is 1. The lowest BCUT2D eigenvalue weighted by Crippen LogP contribution is -2.12. The van der Waals surface area contributed by atoms with Crippen LogP contribution in [0.4, 0.5) is 0 Å². The Morgan fingerprint density at radius 1 is 1.47 bits per heavy atom. The number of aldehydes is 1. The van der Waals surface area contributed by atoms with Crippen molar-refractivity contribution in [2.24, 2.45) is 0 Å². The molecule has 1 N–H and O–H groups in total. The first kappa shape index (κ1) is 11.7. The second-order valence-electron chi connectivity index (χ2n) is 3.44. The maximum Gasteiger partial charge on any atom is 0.313 e. The zero-order valence-electron chi connectivity index (χ0n) is 8.88. The number of carboxylic acids is 1. The van der Waals surface area contributed by atoms with Gasteiger partial charge in [-0.3, -0.25) is 9.59 Å². The predicted molar refractivity (Wildman–Crippen MR) is 65.0 cm³/mol. The maximum atomic E-state index is 10.9. The first-order valence-corrected chi connectivity index (χ1v) is 5.96. The van der Waals surface area contributed by atoms with Gasteiger partial charge in [0.25, 0.3) is 0 Å². The first-order valence-electron chi connectivity index (χ1n) is 4.97. The summed E-state index contributed by atoms with van der Waals surface area (Å²) in [4.78, 5) is 22.2. The number of carbonyl (C=O) groups excluding carboxylic acids is 1. The van der Waals surface area contributed by atoms with Crippen LogP contribution in [0.25, 0.3) is 4.91 Å². The minimum atomic E-state index is -0.906. The van der Waals surface area contributed by atoms with Crippen molar-refractivity contribution in [2.75, 3.05) is 12.4 Å². The van der Waals surface area contributed by atoms with E-state index < -0.39 is 5.97 Å². The number of fused-ring (bicyclic) bond motifs is 1. The number of carbonyl (C=O) groups is 2. The van der Waals surface area contributed by atoms with Gasteiger partial charge in [0.2, 0.25) is 0 Å². The van der Waals surface area contributed by atoms with Gasteiger partial charge >= 0.3 is 5.97 Å². The average molecular weight is 250 g/mol. The molecule has 0 aromatic heterocycles. The van der Waals surface area contributed by atoms with E-state index in [9.17, 15) is 9.59 Å². The monoisotopic (exact) mass is 250 g/mol. The number of carboxylic acid groups (broad SMARTS) is 1. The standard InChI is InChI=1S/C12H10O4S/c13-5-8-6-16-10-4-2-1-3-9(10)12(8)17-7-11(14)15/h1-5H,6-7H2,(H,14,15). The van der Waals surface area contributed by atoms with Crippen LogP contribution in [0.1, 0.15) is 5.56 Å². The van der Waals surface area contributed by atoms with Crippen LogP contribution < -0.4 is 4.74 Å². The second kappa shape index (κ2) is 5.05. The van der Waals surface area contributed by atoms with Gasteiger partial charge in [0.15, 0.2) is 6.29 Å². The Balaban J connectivity index is 2.37. The summed E-state index contributed by atoms with van der Waals surface area (Å²) < 4.78 is 5.41. The van der Waals surface area contributed by atoms with Crippen LogP contribution in [-0.4, -0.2) is 29.7 Å². The molecule has 0 spiro atoms. The lowest BCUT2D eigenvalue weighted by atomic mass is 10.1. The molecule has 0 unspecified atom stereocenters. The van der Waals surface area contributed by atoms with E-state index in [0.717, 1.165) is 23.6 Å². The van der Waals surface area contributed by atoms with E-state index in [4.69, 9.17) is 9.84 Å². The van der Waals surface area contributed by atoms with Gasteiger partial charge in [-0.25, -0.2) is 0 Å². The molecule has 1 aliphatic rings. The van der Waals surface area contributed by atoms with Crippen molar-refractivity contribution >= 4 is 28.9 Å². The van der Waals surface area contributed by atoms with Gasteiger partial charge in [-0.2, -0.15) is 0 Å². The molecule has 0 radical (unpaired) electrons. The molecule has 5 heteroatoms. The third-order valence-electron chi connectivity index (χ3n) is 2.29. The van der Waals surface area contributed by atoms with Gasteiger partial charge in [-0.1, -0.05) is 18.2 Å². The van der Waals surface area contributed by atoms with E-state index in [1.807, 2.05) is 18.2 Å². The van der Waals surface area contributed by atoms with Gasteiger partial charge in [-0.15, -0.1) is 11.8 Å². The van der Waals surface area contributed by atoms with E-state index >= 15 is 0 Å². The van der Waals surface area contributed by atoms with Crippen LogP contribution in [-0.2, 0) is 9.59 Å². The zero-order valence-corrected chi connectivity index (χ0v) is 9.70. The van der Waals surface area contributed by atoms with Crippen LogP contribution in [0, 0.1) is 0 Å². The van der Waals surface area contributed by atoms with Crippen LogP contribution in [0.5, 0.6) is 5.75 Å². The number of thioether (sulfide) groups is 1. The highest BCUT2D eigenvalue weighted by atomic mass is 32.2. The van der Waals surface area contributed by atoms with E-state index in [1.54, 1.807) is 6.07 Å². The average Bonchev–Trinajstić information content (AvgIpc) is 2.35. The molecular formula is C12H10O4S. The Bertz CT molecular complexity index is 493. The summed E-state index contributed by atoms with van der Waals surface area (Å²) in [7, 11) is 0. The van der Waals surface area contributed by atoms with Crippen LogP contribution in [0.15, 0.2) is 29.8 Å². The van der Waals surface area contributed by atoms with Gasteiger partial charge in [-0.05, 0) is 6.07 Å². The largest absolute Gasteiger partial charge is 0.488 e. The Hall–Kier alpha value is -1.75. The Morgan fingerprint density at radius 3 is 2.94 bits per heavy atom. The second-order valence-corrected chi connectivity index (χ2v) is 4.43. The highest BCUT2D eigenvalue weighted by molar-refractivity contribution is 8.08. The quantitative estimate of drug-likeness (QED) is 0.826. The fourth-order valence-electron chi connectivity index (χ4n) is 1.57. The molecule has 0 fully saturated rings. The van der Waals surface area contributed by atoms with Crippen LogP contribution in [0.3, 0.4) is 0 Å². The molecule has 2 rings (SSSR count). The molecule has 0 saturated heterocycles. The van der Waals surface area contributed by atoms with Crippen molar-refractivity contribution < 1.29 is 19.4 Å². The molecule has 0 aliphatic carbocycles. The summed E-state index contributed by atoms with van der Waals surface area (Å²) in [6.07, 6.45) is 0.722. The lowest BCUT2D eigenvalue weighted by Gasteiger charge is -2.20. The maximum absolute atomic E-state index is 10.9. The molecule has 0 atom stereocenters. The highest BCUT2D eigenvalue weighted by Gasteiger charge is 2.20. The van der Waals surface area contributed by atoms with Gasteiger partial charge in [0.05, 0.1) is 5.75 Å². The molecule has 0 saturated carbocycles. The number of benzene rings is 1. The molecule has 1 heterocycles. The van der Waals surface area contributed by atoms with E-state index in [2.05, 4.69) is 0 Å². The Morgan fingerprint density at radius 2 is 2.24 bits per heavy atom. The van der Waals surface area contributed by atoms with Gasteiger partial charge in [0, 0.05) is 16.0 Å². The minimum Gasteiger partial charge on any atom is -0.488 e. The summed E-state index contributed by atoms with van der Waals surface area (Å²) in [5.74, 6) is -0.288. The molecule has 1 aromatic carbocycles. The minimum absolute atomic E-state index is 0.0684. The summed E-state index contributed by atoms with van der Waals surface area (Å²) in [5.41, 5.74) is 1.28. The smallest absolute Gasteiger partial charge is 0.313 e. The lowest BCUT2D eigenvalue weighted by molar-refractivity contribution is -0.133. The summed E-state index contributed by atoms with van der Waals surface area (Å²) in [6.45, 7) is 0.197. The van der Waals surface area contributed by atoms with Crippen molar-refractivity contribution in [3.63, 3.8) is 0 Å². The molecule has 17 heavy (non-hydrogen) atoms. The number of hydrogen-bond acceptors (Lipinski definition) is 4. The van der Waals surface area contributed by atoms with Gasteiger partial charge < -0.3 is 9.84 Å². The highest BCUT2D eigenvalue weighted by Crippen LogP contribution is 2.39. The van der Waals surface area contributed by atoms with Crippen molar-refractivity contribution in [2.45, 2.75) is 0 Å². The molecule has 0 bridgehead atoms. The van der Waals surface area contributed by atoms with Crippen LogP contribution >= 0.6 is 11.8 Å². The first-order chi connectivity index (χ1) is 8.22.